The van der Waals surface area contributed by atoms with E-state index in [1.165, 1.54) is 6.07 Å². The highest BCUT2D eigenvalue weighted by molar-refractivity contribution is 5.37. The van der Waals surface area contributed by atoms with Crippen LogP contribution in [0.1, 0.15) is 24.9 Å². The van der Waals surface area contributed by atoms with Gasteiger partial charge in [-0.2, -0.15) is 0 Å². The molecule has 19 heavy (non-hydrogen) atoms. The molecule has 5 nitrogen and oxygen atoms in total. The average molecular weight is 261 g/mol. The Balaban J connectivity index is 1.79. The van der Waals surface area contributed by atoms with Gasteiger partial charge in [-0.25, -0.2) is 4.98 Å². The number of aryl methyl sites for hydroxylation is 1. The zero-order valence-electron chi connectivity index (χ0n) is 11.0. The van der Waals surface area contributed by atoms with Gasteiger partial charge in [0.05, 0.1) is 6.33 Å². The summed E-state index contributed by atoms with van der Waals surface area (Å²) in [7, 11) is 0. The molecule has 1 heterocycles. The fraction of sp³-hybridized carbons (Fsp3) is 0.357. The molecular formula is C14H19N3O2. The topological polar surface area (TPSA) is 70.3 Å². The Morgan fingerprint density at radius 2 is 2.00 bits per heavy atom. The van der Waals surface area contributed by atoms with Crippen molar-refractivity contribution in [1.82, 2.24) is 14.9 Å². The Hall–Kier alpha value is -2.01. The highest BCUT2D eigenvalue weighted by Crippen LogP contribution is 2.24. The third kappa shape index (κ3) is 3.99. The van der Waals surface area contributed by atoms with E-state index in [4.69, 9.17) is 0 Å². The first-order chi connectivity index (χ1) is 9.15. The minimum atomic E-state index is 0.0841. The third-order valence-corrected chi connectivity index (χ3v) is 3.03. The van der Waals surface area contributed by atoms with Crippen molar-refractivity contribution in [3.05, 3.63) is 42.5 Å². The van der Waals surface area contributed by atoms with E-state index in [1.54, 1.807) is 24.7 Å². The van der Waals surface area contributed by atoms with E-state index < -0.39 is 0 Å². The summed E-state index contributed by atoms with van der Waals surface area (Å²) >= 11 is 0. The predicted molar refractivity (Wildman–Crippen MR) is 73.0 cm³/mol. The van der Waals surface area contributed by atoms with Crippen molar-refractivity contribution < 1.29 is 10.2 Å². The standard InChI is InChI=1S/C14H19N3O2/c1-11(12-7-13(18)9-14(19)8-12)16-3-2-5-17-6-4-15-10-17/h4,6-11,16,18-19H,2-3,5H2,1H3. The Morgan fingerprint density at radius 3 is 2.63 bits per heavy atom. The van der Waals surface area contributed by atoms with Crippen LogP contribution in [0.3, 0.4) is 0 Å². The molecule has 0 radical (unpaired) electrons. The van der Waals surface area contributed by atoms with Crippen LogP contribution in [0.4, 0.5) is 0 Å². The van der Waals surface area contributed by atoms with Crippen molar-refractivity contribution in [2.24, 2.45) is 0 Å². The van der Waals surface area contributed by atoms with E-state index in [9.17, 15) is 10.2 Å². The lowest BCUT2D eigenvalue weighted by Crippen LogP contribution is -2.20. The molecule has 1 unspecified atom stereocenters. The van der Waals surface area contributed by atoms with E-state index in [0.29, 0.717) is 0 Å². The Morgan fingerprint density at radius 1 is 1.26 bits per heavy atom. The maximum Gasteiger partial charge on any atom is 0.119 e. The van der Waals surface area contributed by atoms with Crippen LogP contribution in [0.5, 0.6) is 11.5 Å². The second-order valence-electron chi connectivity index (χ2n) is 4.61. The molecule has 0 saturated carbocycles. The number of nitrogens with zero attached hydrogens (tertiary/aromatic N) is 2. The molecule has 0 spiro atoms. The molecule has 0 aliphatic heterocycles. The number of phenols is 2. The summed E-state index contributed by atoms with van der Waals surface area (Å²) in [6, 6.07) is 4.73. The second kappa shape index (κ2) is 6.24. The molecule has 1 atom stereocenters. The molecular weight excluding hydrogens is 242 g/mol. The van der Waals surface area contributed by atoms with Crippen LogP contribution in [0.15, 0.2) is 36.9 Å². The van der Waals surface area contributed by atoms with E-state index in [-0.39, 0.29) is 17.5 Å². The lowest BCUT2D eigenvalue weighted by atomic mass is 10.1. The van der Waals surface area contributed by atoms with Crippen molar-refractivity contribution in [3.8, 4) is 11.5 Å². The van der Waals surface area contributed by atoms with Crippen molar-refractivity contribution in [1.29, 1.82) is 0 Å². The Labute approximate surface area is 112 Å². The molecule has 102 valence electrons. The van der Waals surface area contributed by atoms with E-state index >= 15 is 0 Å². The number of phenolic OH excluding ortho intramolecular Hbond substituents is 2. The normalized spacial score (nSPS) is 12.5. The molecule has 0 fully saturated rings. The molecule has 0 bridgehead atoms. The van der Waals surface area contributed by atoms with Crippen LogP contribution < -0.4 is 5.32 Å². The van der Waals surface area contributed by atoms with Gasteiger partial charge in [-0.1, -0.05) is 0 Å². The van der Waals surface area contributed by atoms with Crippen LogP contribution in [-0.2, 0) is 6.54 Å². The largest absolute Gasteiger partial charge is 0.508 e. The summed E-state index contributed by atoms with van der Waals surface area (Å²) in [5.41, 5.74) is 0.875. The van der Waals surface area contributed by atoms with E-state index in [1.807, 2.05) is 17.7 Å². The number of benzene rings is 1. The minimum Gasteiger partial charge on any atom is -0.508 e. The molecule has 1 aromatic carbocycles. The molecule has 0 saturated heterocycles. The quantitative estimate of drug-likeness (QED) is 0.696. The number of aromatic hydroxyl groups is 2. The monoisotopic (exact) mass is 261 g/mol. The summed E-state index contributed by atoms with van der Waals surface area (Å²) in [5, 5.41) is 22.2. The Bertz CT molecular complexity index is 491. The summed E-state index contributed by atoms with van der Waals surface area (Å²) < 4.78 is 2.03. The number of imidazole rings is 1. The van der Waals surface area contributed by atoms with Gasteiger partial charge >= 0.3 is 0 Å². The first kappa shape index (κ1) is 13.4. The van der Waals surface area contributed by atoms with Crippen LogP contribution in [0.2, 0.25) is 0 Å². The van der Waals surface area contributed by atoms with Crippen LogP contribution in [0, 0.1) is 0 Å². The SMILES string of the molecule is CC(NCCCn1ccnc1)c1cc(O)cc(O)c1. The lowest BCUT2D eigenvalue weighted by Gasteiger charge is -2.15. The van der Waals surface area contributed by atoms with Crippen molar-refractivity contribution in [2.45, 2.75) is 25.9 Å². The summed E-state index contributed by atoms with van der Waals surface area (Å²) in [4.78, 5) is 3.99. The molecule has 2 aromatic rings. The average Bonchev–Trinajstić information content (AvgIpc) is 2.86. The van der Waals surface area contributed by atoms with Crippen molar-refractivity contribution in [3.63, 3.8) is 0 Å². The van der Waals surface area contributed by atoms with E-state index in [2.05, 4.69) is 10.3 Å². The third-order valence-electron chi connectivity index (χ3n) is 3.03. The number of hydrogen-bond acceptors (Lipinski definition) is 4. The van der Waals surface area contributed by atoms with Crippen LogP contribution >= 0.6 is 0 Å². The van der Waals surface area contributed by atoms with Gasteiger partial charge in [0.1, 0.15) is 11.5 Å². The lowest BCUT2D eigenvalue weighted by molar-refractivity contribution is 0.445. The van der Waals surface area contributed by atoms with Crippen LogP contribution in [0.25, 0.3) is 0 Å². The van der Waals surface area contributed by atoms with Gasteiger partial charge in [0.15, 0.2) is 0 Å². The first-order valence-electron chi connectivity index (χ1n) is 6.37. The molecule has 0 aliphatic carbocycles. The van der Waals surface area contributed by atoms with Gasteiger partial charge < -0.3 is 20.1 Å². The highest BCUT2D eigenvalue weighted by Gasteiger charge is 2.07. The van der Waals surface area contributed by atoms with Crippen LogP contribution in [-0.4, -0.2) is 26.3 Å². The molecule has 0 amide bonds. The van der Waals surface area contributed by atoms with Crippen molar-refractivity contribution in [2.75, 3.05) is 6.54 Å². The number of rotatable bonds is 6. The predicted octanol–water partition coefficient (Wildman–Crippen LogP) is 2.04. The smallest absolute Gasteiger partial charge is 0.119 e. The minimum absolute atomic E-state index is 0.0841. The maximum atomic E-state index is 9.44. The second-order valence-corrected chi connectivity index (χ2v) is 4.61. The number of aromatic nitrogens is 2. The highest BCUT2D eigenvalue weighted by atomic mass is 16.3. The zero-order valence-corrected chi connectivity index (χ0v) is 11.0. The first-order valence-corrected chi connectivity index (χ1v) is 6.37. The number of hydrogen-bond donors (Lipinski definition) is 3. The molecule has 5 heteroatoms. The molecule has 2 rings (SSSR count). The summed E-state index contributed by atoms with van der Waals surface area (Å²) in [6.45, 7) is 3.78. The summed E-state index contributed by atoms with van der Waals surface area (Å²) in [6.07, 6.45) is 6.50. The molecule has 3 N–H and O–H groups in total. The molecule has 0 aliphatic rings. The fourth-order valence-electron chi connectivity index (χ4n) is 1.99. The number of nitrogens with one attached hydrogen (secondary N) is 1. The van der Waals surface area contributed by atoms with Gasteiger partial charge in [-0.15, -0.1) is 0 Å². The van der Waals surface area contributed by atoms with Crippen molar-refractivity contribution >= 4 is 0 Å². The Kier molecular flexibility index (Phi) is 4.41. The zero-order chi connectivity index (χ0) is 13.7. The van der Waals surface area contributed by atoms with Gasteiger partial charge in [0, 0.05) is 31.0 Å². The van der Waals surface area contributed by atoms with E-state index in [0.717, 1.165) is 25.1 Å². The van der Waals surface area contributed by atoms with Gasteiger partial charge in [-0.05, 0) is 37.6 Å². The van der Waals surface area contributed by atoms with Gasteiger partial charge in [-0.3, -0.25) is 0 Å². The molecule has 1 aromatic heterocycles. The van der Waals surface area contributed by atoms with Gasteiger partial charge in [0.2, 0.25) is 0 Å². The summed E-state index contributed by atoms with van der Waals surface area (Å²) in [5.74, 6) is 0.170. The fourth-order valence-corrected chi connectivity index (χ4v) is 1.99. The van der Waals surface area contributed by atoms with Gasteiger partial charge in [0.25, 0.3) is 0 Å². The maximum absolute atomic E-state index is 9.44.